The second-order valence-corrected chi connectivity index (χ2v) is 13.0. The normalized spacial score (nSPS) is 12.0. The van der Waals surface area contributed by atoms with E-state index in [0.29, 0.717) is 0 Å². The van der Waals surface area contributed by atoms with E-state index in [1.165, 1.54) is 36.4 Å². The molecule has 3 aromatic carbocycles. The van der Waals surface area contributed by atoms with Gasteiger partial charge in [0.25, 0.3) is 0 Å². The second-order valence-electron chi connectivity index (χ2n) is 7.68. The Morgan fingerprint density at radius 2 is 1.31 bits per heavy atom. The first-order valence-corrected chi connectivity index (χ1v) is 15.9. The predicted octanol–water partition coefficient (Wildman–Crippen LogP) is -6.92. The molecule has 0 radical (unpaired) electrons. The first-order valence-electron chi connectivity index (χ1n) is 10.8. The fourth-order valence-corrected chi connectivity index (χ4v) is 5.71. The van der Waals surface area contributed by atoms with Crippen molar-refractivity contribution in [2.24, 2.45) is 20.5 Å². The fourth-order valence-electron chi connectivity index (χ4n) is 3.07. The van der Waals surface area contributed by atoms with Crippen LogP contribution in [0.15, 0.2) is 89.7 Å². The Morgan fingerprint density at radius 3 is 1.89 bits per heavy atom. The van der Waals surface area contributed by atoms with Crippen molar-refractivity contribution in [2.45, 2.75) is 14.7 Å². The summed E-state index contributed by atoms with van der Waals surface area (Å²) in [5, 5.41) is 27.7. The zero-order valence-corrected chi connectivity index (χ0v) is 32.9. The maximum absolute atomic E-state index is 12.4. The van der Waals surface area contributed by atoms with Gasteiger partial charge in [-0.25, -0.2) is 25.3 Å². The number of rotatable bonds is 13. The topological polar surface area (TPSA) is 301 Å². The van der Waals surface area contributed by atoms with Gasteiger partial charge in [0, 0.05) is 0 Å². The van der Waals surface area contributed by atoms with Crippen molar-refractivity contribution >= 4 is 76.5 Å². The molecule has 0 aliphatic rings. The minimum Gasteiger partial charge on any atom is -0.744 e. The molecule has 25 heteroatoms. The van der Waals surface area contributed by atoms with Crippen molar-refractivity contribution in [3.8, 4) is 0 Å². The minimum atomic E-state index is -5.22. The van der Waals surface area contributed by atoms with Crippen molar-refractivity contribution in [3.63, 3.8) is 0 Å². The molecule has 3 aromatic rings. The van der Waals surface area contributed by atoms with E-state index in [9.17, 15) is 39.6 Å². The largest absolute Gasteiger partial charge is 1.00 e. The molecular weight excluding hydrogens is 713 g/mol. The van der Waals surface area contributed by atoms with Gasteiger partial charge in [0.2, 0.25) is 0 Å². The van der Waals surface area contributed by atoms with Crippen molar-refractivity contribution in [2.75, 3.05) is 23.8 Å². The van der Waals surface area contributed by atoms with Crippen LogP contribution >= 0.6 is 12.3 Å². The molecule has 0 unspecified atom stereocenters. The van der Waals surface area contributed by atoms with Gasteiger partial charge in [-0.1, -0.05) is 12.1 Å². The molecule has 45 heavy (non-hydrogen) atoms. The van der Waals surface area contributed by atoms with E-state index < -0.39 is 74.1 Å². The molecule has 0 fully saturated rings. The third-order valence-corrected chi connectivity index (χ3v) is 8.82. The summed E-state index contributed by atoms with van der Waals surface area (Å²) in [6.45, 7) is -0.336. The van der Waals surface area contributed by atoms with Crippen LogP contribution in [0.1, 0.15) is 0 Å². The third-order valence-electron chi connectivity index (χ3n) is 4.99. The molecule has 0 saturated carbocycles. The zero-order valence-electron chi connectivity index (χ0n) is 23.6. The minimum absolute atomic E-state index is 0. The number of anilines is 2. The van der Waals surface area contributed by atoms with Gasteiger partial charge in [0.1, 0.15) is 37.3 Å². The second kappa shape index (κ2) is 19.4. The van der Waals surface area contributed by atoms with Gasteiger partial charge in [-0.3, -0.25) is 9.22 Å². The first-order chi connectivity index (χ1) is 19.6. The molecule has 0 heterocycles. The number of nitrogens with two attached hydrogens (primary N) is 2. The van der Waals surface area contributed by atoms with E-state index in [1.54, 1.807) is 0 Å². The van der Waals surface area contributed by atoms with Crippen LogP contribution in [-0.2, 0) is 43.6 Å². The smallest absolute Gasteiger partial charge is 0.744 e. The zero-order chi connectivity index (χ0) is 31.1. The molecule has 0 aliphatic heterocycles. The summed E-state index contributed by atoms with van der Waals surface area (Å²) >= 11 is 0.154. The molecule has 0 aromatic heterocycles. The summed E-state index contributed by atoms with van der Waals surface area (Å²) < 4.78 is 103. The Bertz CT molecular complexity index is 1850. The Morgan fingerprint density at radius 1 is 0.733 bits per heavy atom. The summed E-state index contributed by atoms with van der Waals surface area (Å²) in [5.74, 6) is -0.472. The quantitative estimate of drug-likeness (QED) is 0.0241. The van der Waals surface area contributed by atoms with Gasteiger partial charge < -0.3 is 25.8 Å². The van der Waals surface area contributed by atoms with Gasteiger partial charge in [0.05, 0.1) is 44.1 Å². The molecular formula is C20H17N6Na3O12S4. The average molecular weight is 731 g/mol. The van der Waals surface area contributed by atoms with Crippen LogP contribution in [-0.4, -0.2) is 46.7 Å². The Hall–Kier alpha value is -0.580. The van der Waals surface area contributed by atoms with E-state index in [1.807, 2.05) is 0 Å². The molecule has 0 spiro atoms. The first kappa shape index (κ1) is 44.4. The molecule has 226 valence electrons. The number of hydrogen-bond donors (Lipinski definition) is 2. The number of benzene rings is 3. The summed E-state index contributed by atoms with van der Waals surface area (Å²) in [5.41, 5.74) is 9.33. The molecule has 0 atom stereocenters. The van der Waals surface area contributed by atoms with Crippen molar-refractivity contribution < 1.29 is 142 Å². The number of nitrogens with zero attached hydrogens (tertiary/aromatic N) is 4. The van der Waals surface area contributed by atoms with Crippen LogP contribution in [0.5, 0.6) is 0 Å². The van der Waals surface area contributed by atoms with Crippen LogP contribution in [0.3, 0.4) is 0 Å². The SMILES string of the molecule is Nc1c(N=Nc2ccc(S(=O)(=O)CCOSOO[O-])cc2)cc(S(=O)(=O)[O-])c(N)c1N=Nc1ccccc1S(=O)(=O)[O-].[Na+].[Na+].[Na+]. The molecule has 0 amide bonds. The van der Waals surface area contributed by atoms with Gasteiger partial charge >= 0.3 is 88.7 Å². The summed E-state index contributed by atoms with van der Waals surface area (Å²) in [6, 6.07) is 10.3. The Balaban J connectivity index is 0.00000645. The molecule has 3 rings (SSSR count). The van der Waals surface area contributed by atoms with Crippen molar-refractivity contribution in [1.29, 1.82) is 0 Å². The van der Waals surface area contributed by atoms with E-state index >= 15 is 0 Å². The Kier molecular flexibility index (Phi) is 19.2. The maximum Gasteiger partial charge on any atom is 1.00 e. The van der Waals surface area contributed by atoms with Gasteiger partial charge in [-0.15, -0.1) is 19.7 Å². The summed E-state index contributed by atoms with van der Waals surface area (Å²) in [6.07, 6.45) is 0. The fraction of sp³-hybridized carbons (Fsp3) is 0.100. The molecule has 0 aliphatic carbocycles. The number of hydrogen-bond acceptors (Lipinski definition) is 19. The Labute approximate surface area is 328 Å². The molecule has 4 N–H and O–H groups in total. The number of nitrogen functional groups attached to an aromatic ring is 2. The van der Waals surface area contributed by atoms with Crippen molar-refractivity contribution in [1.82, 2.24) is 0 Å². The monoisotopic (exact) mass is 730 g/mol. The van der Waals surface area contributed by atoms with Gasteiger partial charge in [-0.2, -0.15) is 5.11 Å². The molecule has 18 nitrogen and oxygen atoms in total. The van der Waals surface area contributed by atoms with E-state index in [4.69, 9.17) is 11.5 Å². The van der Waals surface area contributed by atoms with Crippen LogP contribution in [0.25, 0.3) is 0 Å². The van der Waals surface area contributed by atoms with E-state index in [0.717, 1.165) is 18.2 Å². The average Bonchev–Trinajstić information content (AvgIpc) is 2.91. The summed E-state index contributed by atoms with van der Waals surface area (Å²) in [4.78, 5) is -1.85. The van der Waals surface area contributed by atoms with E-state index in [-0.39, 0.29) is 118 Å². The molecule has 0 bridgehead atoms. The standard InChI is InChI=1S/C20H20N6O12S4.3Na/c21-18-15(25-23-12-5-7-13(8-6-12)40(28,29)10-9-36-39-38-37-27)11-17(42(33,34)35)19(22)20(18)26-24-14-3-1-2-4-16(14)41(30,31)32;;;/h1-8,11,27H,9-10,21-22H2,(H,30,31,32)(H,33,34,35);;;/q;3*+1/p-3. The molecule has 0 saturated heterocycles. The van der Waals surface area contributed by atoms with E-state index in [2.05, 4.69) is 34.0 Å². The number of azo groups is 2. The van der Waals surface area contributed by atoms with Crippen LogP contribution in [0, 0.1) is 0 Å². The van der Waals surface area contributed by atoms with Gasteiger partial charge in [-0.05, 0) is 42.5 Å². The predicted molar refractivity (Wildman–Crippen MR) is 140 cm³/mol. The van der Waals surface area contributed by atoms with Crippen LogP contribution < -0.4 is 105 Å². The van der Waals surface area contributed by atoms with Crippen molar-refractivity contribution in [3.05, 3.63) is 54.6 Å². The maximum atomic E-state index is 12.4. The third kappa shape index (κ3) is 12.8. The van der Waals surface area contributed by atoms with Crippen LogP contribution in [0.2, 0.25) is 0 Å². The van der Waals surface area contributed by atoms with Crippen LogP contribution in [0.4, 0.5) is 34.1 Å². The summed E-state index contributed by atoms with van der Waals surface area (Å²) in [7, 11) is -14.0. The van der Waals surface area contributed by atoms with Gasteiger partial charge in [0.15, 0.2) is 22.2 Å². The number of sulfone groups is 1.